The number of carbonyl (C=O) groups excluding carboxylic acids is 3. The minimum absolute atomic E-state index is 0.153. The average molecular weight is 398 g/mol. The van der Waals surface area contributed by atoms with Crippen molar-refractivity contribution in [1.82, 2.24) is 0 Å². The molecule has 0 saturated heterocycles. The van der Waals surface area contributed by atoms with Gasteiger partial charge in [0.15, 0.2) is 6.61 Å². The second-order valence-electron chi connectivity index (χ2n) is 6.56. The van der Waals surface area contributed by atoms with Crippen LogP contribution in [-0.2, 0) is 19.1 Å². The first-order valence-corrected chi connectivity index (χ1v) is 9.93. The lowest BCUT2D eigenvalue weighted by atomic mass is 10.1. The molecular formula is C21H22N2O4S. The summed E-state index contributed by atoms with van der Waals surface area (Å²) in [5, 5.41) is 2.37. The van der Waals surface area contributed by atoms with Crippen LogP contribution in [-0.4, -0.2) is 35.7 Å². The number of ether oxygens (including phenoxy) is 1. The molecule has 2 aromatic rings. The third-order valence-electron chi connectivity index (χ3n) is 4.35. The number of para-hydroxylation sites is 2. The summed E-state index contributed by atoms with van der Waals surface area (Å²) in [6.07, 6.45) is 0.175. The first-order valence-electron chi connectivity index (χ1n) is 9.05. The van der Waals surface area contributed by atoms with Gasteiger partial charge in [-0.2, -0.15) is 0 Å². The number of benzene rings is 2. The molecule has 28 heavy (non-hydrogen) atoms. The molecule has 0 aliphatic carbocycles. The van der Waals surface area contributed by atoms with Gasteiger partial charge >= 0.3 is 5.97 Å². The van der Waals surface area contributed by atoms with Crippen molar-refractivity contribution in [3.63, 3.8) is 0 Å². The topological polar surface area (TPSA) is 75.7 Å². The number of rotatable bonds is 5. The second kappa shape index (κ2) is 8.93. The Bertz CT molecular complexity index is 872. The Labute approximate surface area is 168 Å². The summed E-state index contributed by atoms with van der Waals surface area (Å²) in [6.45, 7) is 3.18. The van der Waals surface area contributed by atoms with E-state index < -0.39 is 11.2 Å². The Balaban J connectivity index is 1.65. The number of nitrogens with zero attached hydrogens (tertiary/aromatic N) is 1. The lowest BCUT2D eigenvalue weighted by Gasteiger charge is -2.27. The lowest BCUT2D eigenvalue weighted by molar-refractivity contribution is -0.147. The van der Waals surface area contributed by atoms with Crippen LogP contribution >= 0.6 is 11.8 Å². The van der Waals surface area contributed by atoms with Crippen LogP contribution in [0.4, 0.5) is 11.4 Å². The first-order chi connectivity index (χ1) is 13.5. The SMILES string of the molecule is C[C@@H]1CC(=O)Nc2ccccc2N1C(=O)COC(=O)[C@@H](C)Sc1ccccc1. The molecule has 6 nitrogen and oxygen atoms in total. The van der Waals surface area contributed by atoms with Crippen molar-refractivity contribution < 1.29 is 19.1 Å². The predicted octanol–water partition coefficient (Wildman–Crippen LogP) is 3.47. The molecule has 3 rings (SSSR count). The number of amides is 2. The Kier molecular flexibility index (Phi) is 6.36. The van der Waals surface area contributed by atoms with E-state index in [2.05, 4.69) is 5.32 Å². The molecule has 0 bridgehead atoms. The number of carbonyl (C=O) groups is 3. The molecule has 0 fully saturated rings. The smallest absolute Gasteiger partial charge is 0.319 e. The molecule has 2 aromatic carbocycles. The van der Waals surface area contributed by atoms with Crippen molar-refractivity contribution in [2.75, 3.05) is 16.8 Å². The minimum atomic E-state index is -0.452. The first kappa shape index (κ1) is 19.9. The normalized spacial score (nSPS) is 17.1. The molecule has 0 saturated carbocycles. The summed E-state index contributed by atoms with van der Waals surface area (Å²) in [4.78, 5) is 39.6. The molecule has 0 spiro atoms. The van der Waals surface area contributed by atoms with E-state index in [1.807, 2.05) is 30.3 Å². The molecule has 0 radical (unpaired) electrons. The highest BCUT2D eigenvalue weighted by Gasteiger charge is 2.30. The standard InChI is InChI=1S/C21H22N2O4S/c1-14-12-19(24)22-17-10-6-7-11-18(17)23(14)20(25)13-27-21(26)15(2)28-16-8-4-3-5-9-16/h3-11,14-15H,12-13H2,1-2H3,(H,22,24)/t14-,15-/m1/s1. The highest BCUT2D eigenvalue weighted by Crippen LogP contribution is 2.31. The third-order valence-corrected chi connectivity index (χ3v) is 5.44. The van der Waals surface area contributed by atoms with Gasteiger partial charge in [-0.15, -0.1) is 11.8 Å². The van der Waals surface area contributed by atoms with Gasteiger partial charge in [-0.25, -0.2) is 0 Å². The molecule has 0 aromatic heterocycles. The van der Waals surface area contributed by atoms with Gasteiger partial charge in [0.25, 0.3) is 5.91 Å². The van der Waals surface area contributed by atoms with Gasteiger partial charge in [-0.3, -0.25) is 14.4 Å². The fourth-order valence-electron chi connectivity index (χ4n) is 3.04. The number of thioether (sulfide) groups is 1. The summed E-state index contributed by atoms with van der Waals surface area (Å²) in [7, 11) is 0. The lowest BCUT2D eigenvalue weighted by Crippen LogP contribution is -2.42. The van der Waals surface area contributed by atoms with Crippen molar-refractivity contribution in [2.45, 2.75) is 36.5 Å². The molecule has 1 aliphatic rings. The second-order valence-corrected chi connectivity index (χ2v) is 7.98. The third kappa shape index (κ3) is 4.72. The number of nitrogens with one attached hydrogen (secondary N) is 1. The van der Waals surface area contributed by atoms with Gasteiger partial charge < -0.3 is 15.0 Å². The van der Waals surface area contributed by atoms with Gasteiger partial charge in [0.2, 0.25) is 5.91 Å². The zero-order valence-electron chi connectivity index (χ0n) is 15.8. The van der Waals surface area contributed by atoms with Gasteiger partial charge in [-0.1, -0.05) is 30.3 Å². The maximum absolute atomic E-state index is 12.8. The molecule has 2 amide bonds. The van der Waals surface area contributed by atoms with E-state index in [0.717, 1.165) is 4.90 Å². The number of anilines is 2. The van der Waals surface area contributed by atoms with Crippen LogP contribution in [0.1, 0.15) is 20.3 Å². The van der Waals surface area contributed by atoms with Crippen LogP contribution in [0.2, 0.25) is 0 Å². The van der Waals surface area contributed by atoms with Crippen LogP contribution in [0, 0.1) is 0 Å². The molecular weight excluding hydrogens is 376 g/mol. The van der Waals surface area contributed by atoms with Gasteiger partial charge in [0, 0.05) is 17.4 Å². The summed E-state index contributed by atoms with van der Waals surface area (Å²) in [5.74, 6) is -0.964. The van der Waals surface area contributed by atoms with Crippen LogP contribution in [0.3, 0.4) is 0 Å². The van der Waals surface area contributed by atoms with E-state index in [1.54, 1.807) is 38.1 Å². The summed E-state index contributed by atoms with van der Waals surface area (Å²) in [5.41, 5.74) is 1.18. The molecule has 1 N–H and O–H groups in total. The van der Waals surface area contributed by atoms with Gasteiger partial charge in [-0.05, 0) is 38.1 Å². The van der Waals surface area contributed by atoms with E-state index >= 15 is 0 Å². The highest BCUT2D eigenvalue weighted by molar-refractivity contribution is 8.00. The largest absolute Gasteiger partial charge is 0.455 e. The maximum Gasteiger partial charge on any atom is 0.319 e. The summed E-state index contributed by atoms with van der Waals surface area (Å²) >= 11 is 1.38. The fraction of sp³-hybridized carbons (Fsp3) is 0.286. The van der Waals surface area contributed by atoms with Gasteiger partial charge in [0.1, 0.15) is 5.25 Å². The van der Waals surface area contributed by atoms with Gasteiger partial charge in [0.05, 0.1) is 11.4 Å². The van der Waals surface area contributed by atoms with Crippen molar-refractivity contribution in [1.29, 1.82) is 0 Å². The van der Waals surface area contributed by atoms with Crippen molar-refractivity contribution in [2.24, 2.45) is 0 Å². The zero-order valence-corrected chi connectivity index (χ0v) is 16.6. The molecule has 0 unspecified atom stereocenters. The van der Waals surface area contributed by atoms with E-state index in [0.29, 0.717) is 11.4 Å². The molecule has 2 atom stereocenters. The maximum atomic E-state index is 12.8. The van der Waals surface area contributed by atoms with E-state index in [-0.39, 0.29) is 30.9 Å². The summed E-state index contributed by atoms with van der Waals surface area (Å²) < 4.78 is 5.27. The number of esters is 1. The monoisotopic (exact) mass is 398 g/mol. The number of hydrogen-bond acceptors (Lipinski definition) is 5. The Hall–Kier alpha value is -2.80. The van der Waals surface area contributed by atoms with E-state index in [9.17, 15) is 14.4 Å². The number of fused-ring (bicyclic) bond motifs is 1. The zero-order chi connectivity index (χ0) is 20.1. The highest BCUT2D eigenvalue weighted by atomic mass is 32.2. The Morgan fingerprint density at radius 2 is 1.86 bits per heavy atom. The fourth-order valence-corrected chi connectivity index (χ4v) is 3.93. The minimum Gasteiger partial charge on any atom is -0.455 e. The molecule has 146 valence electrons. The molecule has 1 heterocycles. The van der Waals surface area contributed by atoms with Crippen molar-refractivity contribution in [3.05, 3.63) is 54.6 Å². The average Bonchev–Trinajstić information content (AvgIpc) is 2.80. The van der Waals surface area contributed by atoms with Crippen LogP contribution < -0.4 is 10.2 Å². The van der Waals surface area contributed by atoms with Crippen LogP contribution in [0.5, 0.6) is 0 Å². The molecule has 7 heteroatoms. The van der Waals surface area contributed by atoms with E-state index in [4.69, 9.17) is 4.74 Å². The van der Waals surface area contributed by atoms with Crippen molar-refractivity contribution in [3.8, 4) is 0 Å². The quantitative estimate of drug-likeness (QED) is 0.616. The predicted molar refractivity (Wildman–Crippen MR) is 109 cm³/mol. The van der Waals surface area contributed by atoms with Crippen molar-refractivity contribution >= 4 is 40.9 Å². The van der Waals surface area contributed by atoms with E-state index in [1.165, 1.54) is 16.7 Å². The van der Waals surface area contributed by atoms with Crippen LogP contribution in [0.25, 0.3) is 0 Å². The Morgan fingerprint density at radius 3 is 2.61 bits per heavy atom. The number of hydrogen-bond donors (Lipinski definition) is 1. The summed E-state index contributed by atoms with van der Waals surface area (Å²) in [6, 6.07) is 16.3. The Morgan fingerprint density at radius 1 is 1.18 bits per heavy atom. The molecule has 1 aliphatic heterocycles. The van der Waals surface area contributed by atoms with Crippen LogP contribution in [0.15, 0.2) is 59.5 Å².